The van der Waals surface area contributed by atoms with Crippen molar-refractivity contribution >= 4 is 11.8 Å². The molecule has 14 heavy (non-hydrogen) atoms. The average Bonchev–Trinajstić information content (AvgIpc) is 2.17. The number of hydrogen-bond donors (Lipinski definition) is 1. The Kier molecular flexibility index (Phi) is 5.90. The lowest BCUT2D eigenvalue weighted by molar-refractivity contribution is 0.218. The number of rotatable bonds is 5. The third kappa shape index (κ3) is 4.20. The van der Waals surface area contributed by atoms with E-state index < -0.39 is 0 Å². The minimum Gasteiger partial charge on any atom is -0.309 e. The molecule has 0 aromatic heterocycles. The second-order valence-electron chi connectivity index (χ2n) is 4.33. The summed E-state index contributed by atoms with van der Waals surface area (Å²) in [6.45, 7) is 4.78. The van der Waals surface area contributed by atoms with E-state index in [0.29, 0.717) is 6.04 Å². The largest absolute Gasteiger partial charge is 0.309 e. The quantitative estimate of drug-likeness (QED) is 0.754. The fraction of sp³-hybridized carbons (Fsp3) is 1.00. The van der Waals surface area contributed by atoms with Crippen LogP contribution in [0.25, 0.3) is 0 Å². The van der Waals surface area contributed by atoms with Gasteiger partial charge in [0.05, 0.1) is 0 Å². The summed E-state index contributed by atoms with van der Waals surface area (Å²) in [5.41, 5.74) is 0. The lowest BCUT2D eigenvalue weighted by atomic mass is 10.1. The first-order chi connectivity index (χ1) is 6.76. The Bertz CT molecular complexity index is 152. The molecule has 0 aliphatic carbocycles. The summed E-state index contributed by atoms with van der Waals surface area (Å²) in [7, 11) is 2.23. The molecule has 0 spiro atoms. The Balaban J connectivity index is 2.26. The molecule has 0 bridgehead atoms. The first-order valence-corrected chi connectivity index (χ1v) is 7.09. The van der Waals surface area contributed by atoms with Crippen molar-refractivity contribution in [3.05, 3.63) is 0 Å². The summed E-state index contributed by atoms with van der Waals surface area (Å²) >= 11 is 1.95. The van der Waals surface area contributed by atoms with Gasteiger partial charge in [-0.25, -0.2) is 0 Å². The zero-order chi connectivity index (χ0) is 10.4. The predicted octanol–water partition coefficient (Wildman–Crippen LogP) is 1.81. The van der Waals surface area contributed by atoms with Crippen molar-refractivity contribution in [1.29, 1.82) is 0 Å². The molecule has 1 aliphatic heterocycles. The fourth-order valence-corrected chi connectivity index (χ4v) is 2.86. The van der Waals surface area contributed by atoms with Crippen molar-refractivity contribution < 1.29 is 0 Å². The third-order valence-electron chi connectivity index (χ3n) is 2.96. The minimum atomic E-state index is 0.710. The normalized spacial score (nSPS) is 26.4. The van der Waals surface area contributed by atoms with Gasteiger partial charge in [-0.05, 0) is 39.1 Å². The molecule has 0 amide bonds. The number of hydrogen-bond acceptors (Lipinski definition) is 3. The van der Waals surface area contributed by atoms with Crippen LogP contribution in [0.1, 0.15) is 26.2 Å². The number of nitrogens with zero attached hydrogens (tertiary/aromatic N) is 1. The Hall–Kier alpha value is 0.270. The zero-order valence-corrected chi connectivity index (χ0v) is 10.6. The standard InChI is InChI=1S/C11H24N2S/c1-4-10(9-14-3)12-11-6-5-7-13(2)8-11/h10-12H,4-9H2,1-3H3. The topological polar surface area (TPSA) is 15.3 Å². The highest BCUT2D eigenvalue weighted by Crippen LogP contribution is 2.10. The van der Waals surface area contributed by atoms with E-state index in [0.717, 1.165) is 6.04 Å². The van der Waals surface area contributed by atoms with Gasteiger partial charge < -0.3 is 10.2 Å². The molecule has 0 aromatic rings. The van der Waals surface area contributed by atoms with Crippen molar-refractivity contribution in [3.63, 3.8) is 0 Å². The maximum atomic E-state index is 3.77. The van der Waals surface area contributed by atoms with Crippen LogP contribution in [0.3, 0.4) is 0 Å². The van der Waals surface area contributed by atoms with Gasteiger partial charge in [-0.1, -0.05) is 6.92 Å². The molecule has 0 saturated carbocycles. The molecule has 1 fully saturated rings. The molecule has 0 aromatic carbocycles. The average molecular weight is 216 g/mol. The molecule has 2 unspecified atom stereocenters. The van der Waals surface area contributed by atoms with Gasteiger partial charge in [0.15, 0.2) is 0 Å². The van der Waals surface area contributed by atoms with Crippen molar-refractivity contribution in [3.8, 4) is 0 Å². The van der Waals surface area contributed by atoms with E-state index in [-0.39, 0.29) is 0 Å². The lowest BCUT2D eigenvalue weighted by Crippen LogP contribution is -2.48. The number of likely N-dealkylation sites (N-methyl/N-ethyl adjacent to an activating group) is 1. The highest BCUT2D eigenvalue weighted by molar-refractivity contribution is 7.98. The Morgan fingerprint density at radius 1 is 1.57 bits per heavy atom. The molecule has 0 radical (unpaired) electrons. The number of piperidine rings is 1. The fourth-order valence-electron chi connectivity index (χ4n) is 2.12. The van der Waals surface area contributed by atoms with Crippen molar-refractivity contribution in [2.45, 2.75) is 38.3 Å². The van der Waals surface area contributed by atoms with Crippen LogP contribution in [-0.4, -0.2) is 49.1 Å². The summed E-state index contributed by atoms with van der Waals surface area (Å²) in [5.74, 6) is 1.25. The van der Waals surface area contributed by atoms with E-state index in [9.17, 15) is 0 Å². The monoisotopic (exact) mass is 216 g/mol. The van der Waals surface area contributed by atoms with Crippen LogP contribution < -0.4 is 5.32 Å². The van der Waals surface area contributed by atoms with Gasteiger partial charge in [-0.3, -0.25) is 0 Å². The van der Waals surface area contributed by atoms with E-state index in [1.165, 1.54) is 38.1 Å². The van der Waals surface area contributed by atoms with Gasteiger partial charge in [-0.15, -0.1) is 0 Å². The van der Waals surface area contributed by atoms with Crippen LogP contribution in [0.5, 0.6) is 0 Å². The SMILES string of the molecule is CCC(CSC)NC1CCCN(C)C1. The van der Waals surface area contributed by atoms with Gasteiger partial charge in [0, 0.05) is 24.4 Å². The van der Waals surface area contributed by atoms with E-state index in [1.54, 1.807) is 0 Å². The molecule has 1 N–H and O–H groups in total. The Morgan fingerprint density at radius 3 is 2.93 bits per heavy atom. The zero-order valence-electron chi connectivity index (χ0n) is 9.75. The summed E-state index contributed by atoms with van der Waals surface area (Å²) in [5, 5.41) is 3.77. The van der Waals surface area contributed by atoms with E-state index in [1.807, 2.05) is 11.8 Å². The number of likely N-dealkylation sites (tertiary alicyclic amines) is 1. The van der Waals surface area contributed by atoms with Crippen LogP contribution in [0.4, 0.5) is 0 Å². The third-order valence-corrected chi connectivity index (χ3v) is 3.69. The molecule has 1 saturated heterocycles. The second-order valence-corrected chi connectivity index (χ2v) is 5.24. The van der Waals surface area contributed by atoms with E-state index in [2.05, 4.69) is 30.4 Å². The molecular weight excluding hydrogens is 192 g/mol. The molecule has 1 rings (SSSR count). The van der Waals surface area contributed by atoms with Crippen molar-refractivity contribution in [2.24, 2.45) is 0 Å². The molecule has 2 nitrogen and oxygen atoms in total. The van der Waals surface area contributed by atoms with Crippen molar-refractivity contribution in [2.75, 3.05) is 32.1 Å². The first kappa shape index (κ1) is 12.3. The predicted molar refractivity (Wildman–Crippen MR) is 66.1 cm³/mol. The Labute approximate surface area is 92.8 Å². The maximum Gasteiger partial charge on any atom is 0.0198 e. The summed E-state index contributed by atoms with van der Waals surface area (Å²) in [4.78, 5) is 2.44. The van der Waals surface area contributed by atoms with Crippen molar-refractivity contribution in [1.82, 2.24) is 10.2 Å². The van der Waals surface area contributed by atoms with Gasteiger partial charge in [-0.2, -0.15) is 11.8 Å². The van der Waals surface area contributed by atoms with Gasteiger partial charge in [0.1, 0.15) is 0 Å². The van der Waals surface area contributed by atoms with Gasteiger partial charge in [0.25, 0.3) is 0 Å². The first-order valence-electron chi connectivity index (χ1n) is 5.69. The number of thioether (sulfide) groups is 1. The molecule has 1 heterocycles. The van der Waals surface area contributed by atoms with Crippen LogP contribution in [0.2, 0.25) is 0 Å². The molecule has 3 heteroatoms. The van der Waals surface area contributed by atoms with Crippen LogP contribution in [0.15, 0.2) is 0 Å². The van der Waals surface area contributed by atoms with Gasteiger partial charge >= 0.3 is 0 Å². The molecule has 84 valence electrons. The van der Waals surface area contributed by atoms with Gasteiger partial charge in [0.2, 0.25) is 0 Å². The summed E-state index contributed by atoms with van der Waals surface area (Å²) < 4.78 is 0. The highest BCUT2D eigenvalue weighted by atomic mass is 32.2. The Morgan fingerprint density at radius 2 is 2.36 bits per heavy atom. The van der Waals surface area contributed by atoms with Crippen LogP contribution in [0, 0.1) is 0 Å². The number of nitrogens with one attached hydrogen (secondary N) is 1. The molecule has 1 aliphatic rings. The smallest absolute Gasteiger partial charge is 0.0198 e. The van der Waals surface area contributed by atoms with Crippen LogP contribution >= 0.6 is 11.8 Å². The summed E-state index contributed by atoms with van der Waals surface area (Å²) in [6.07, 6.45) is 6.15. The maximum absolute atomic E-state index is 3.77. The minimum absolute atomic E-state index is 0.710. The van der Waals surface area contributed by atoms with E-state index in [4.69, 9.17) is 0 Å². The van der Waals surface area contributed by atoms with E-state index >= 15 is 0 Å². The highest BCUT2D eigenvalue weighted by Gasteiger charge is 2.19. The van der Waals surface area contributed by atoms with Crippen LogP contribution in [-0.2, 0) is 0 Å². The molecule has 2 atom stereocenters. The second kappa shape index (κ2) is 6.70. The lowest BCUT2D eigenvalue weighted by Gasteiger charge is -2.33. The molecular formula is C11H24N2S. The summed E-state index contributed by atoms with van der Waals surface area (Å²) in [6, 6.07) is 1.44.